The molecule has 0 amide bonds. The van der Waals surface area contributed by atoms with Gasteiger partial charge in [-0.3, -0.25) is 0 Å². The van der Waals surface area contributed by atoms with Gasteiger partial charge in [0.05, 0.1) is 6.61 Å². The Balaban J connectivity index is 3.05. The highest BCUT2D eigenvalue weighted by atomic mass is 28.4. The number of halogens is 3. The molecule has 1 aromatic carbocycles. The molecule has 0 saturated carbocycles. The summed E-state index contributed by atoms with van der Waals surface area (Å²) in [6, 6.07) is 2.13. The Morgan fingerprint density at radius 1 is 1.20 bits per heavy atom. The van der Waals surface area contributed by atoms with Gasteiger partial charge >= 0.3 is 0 Å². The molecule has 0 N–H and O–H groups in total. The summed E-state index contributed by atoms with van der Waals surface area (Å²) < 4.78 is 46.4. The van der Waals surface area contributed by atoms with Crippen LogP contribution in [0.1, 0.15) is 31.9 Å². The molecule has 1 aromatic rings. The van der Waals surface area contributed by atoms with Gasteiger partial charge in [-0.1, -0.05) is 20.8 Å². The molecule has 2 nitrogen and oxygen atoms in total. The van der Waals surface area contributed by atoms with Crippen LogP contribution in [0.2, 0.25) is 18.1 Å². The summed E-state index contributed by atoms with van der Waals surface area (Å²) in [5, 5.41) is 8.47. The Hall–Kier alpha value is -1.32. The summed E-state index contributed by atoms with van der Waals surface area (Å²) >= 11 is 0. The Morgan fingerprint density at radius 2 is 1.75 bits per heavy atom. The van der Waals surface area contributed by atoms with Crippen LogP contribution in [0.15, 0.2) is 6.07 Å². The quantitative estimate of drug-likeness (QED) is 0.608. The Morgan fingerprint density at radius 3 is 2.20 bits per heavy atom. The van der Waals surface area contributed by atoms with Gasteiger partial charge in [0.2, 0.25) is 0 Å². The number of rotatable bonds is 3. The lowest BCUT2D eigenvalue weighted by Gasteiger charge is -2.36. The van der Waals surface area contributed by atoms with Crippen molar-refractivity contribution in [1.29, 1.82) is 5.26 Å². The summed E-state index contributed by atoms with van der Waals surface area (Å²) in [6.07, 6.45) is 0. The first kappa shape index (κ1) is 16.7. The van der Waals surface area contributed by atoms with Crippen LogP contribution in [0.3, 0.4) is 0 Å². The molecule has 0 aliphatic carbocycles. The van der Waals surface area contributed by atoms with Crippen LogP contribution < -0.4 is 0 Å². The third-order valence-corrected chi connectivity index (χ3v) is 8.22. The van der Waals surface area contributed by atoms with Crippen molar-refractivity contribution in [3.63, 3.8) is 0 Å². The van der Waals surface area contributed by atoms with Crippen molar-refractivity contribution < 1.29 is 17.6 Å². The fraction of sp³-hybridized carbons (Fsp3) is 0.500. The summed E-state index contributed by atoms with van der Waals surface area (Å²) in [6.45, 7) is 9.74. The number of nitriles is 1. The maximum absolute atomic E-state index is 13.7. The molecule has 0 unspecified atom stereocenters. The molecule has 0 heterocycles. The second kappa shape index (κ2) is 5.58. The van der Waals surface area contributed by atoms with Crippen LogP contribution in [0, 0.1) is 28.8 Å². The van der Waals surface area contributed by atoms with E-state index in [0.29, 0.717) is 0 Å². The van der Waals surface area contributed by atoms with Crippen LogP contribution in [0.25, 0.3) is 0 Å². The van der Waals surface area contributed by atoms with Gasteiger partial charge in [-0.25, -0.2) is 13.2 Å². The lowest BCUT2D eigenvalue weighted by Crippen LogP contribution is -2.40. The van der Waals surface area contributed by atoms with E-state index in [-0.39, 0.29) is 17.2 Å². The van der Waals surface area contributed by atoms with E-state index in [1.165, 1.54) is 6.07 Å². The van der Waals surface area contributed by atoms with Gasteiger partial charge in [0, 0.05) is 5.56 Å². The van der Waals surface area contributed by atoms with Crippen molar-refractivity contribution in [2.24, 2.45) is 0 Å². The van der Waals surface area contributed by atoms with E-state index in [1.807, 2.05) is 33.9 Å². The molecule has 6 heteroatoms. The summed E-state index contributed by atoms with van der Waals surface area (Å²) in [4.78, 5) is 0. The zero-order chi connectivity index (χ0) is 15.7. The van der Waals surface area contributed by atoms with E-state index < -0.39 is 31.3 Å². The molecule has 0 atom stereocenters. The first-order valence-electron chi connectivity index (χ1n) is 6.21. The lowest BCUT2D eigenvalue weighted by molar-refractivity contribution is 0.268. The van der Waals surface area contributed by atoms with E-state index in [4.69, 9.17) is 9.69 Å². The van der Waals surface area contributed by atoms with Crippen molar-refractivity contribution in [2.45, 2.75) is 45.5 Å². The zero-order valence-electron chi connectivity index (χ0n) is 12.3. The minimum Gasteiger partial charge on any atom is -0.412 e. The van der Waals surface area contributed by atoms with Gasteiger partial charge in [0.25, 0.3) is 0 Å². The fourth-order valence-electron chi connectivity index (χ4n) is 1.33. The van der Waals surface area contributed by atoms with Crippen molar-refractivity contribution in [3.05, 3.63) is 34.6 Å². The average molecular weight is 301 g/mol. The number of nitrogens with zero attached hydrogens (tertiary/aromatic N) is 1. The molecule has 0 aliphatic heterocycles. The predicted octanol–water partition coefficient (Wildman–Crippen LogP) is 4.50. The van der Waals surface area contributed by atoms with Crippen molar-refractivity contribution in [2.75, 3.05) is 0 Å². The summed E-state index contributed by atoms with van der Waals surface area (Å²) in [5.74, 6) is -3.75. The molecule has 0 bridgehead atoms. The molecule has 20 heavy (non-hydrogen) atoms. The Kier molecular flexibility index (Phi) is 4.67. The number of benzene rings is 1. The molecule has 0 aliphatic rings. The highest BCUT2D eigenvalue weighted by Gasteiger charge is 2.37. The zero-order valence-corrected chi connectivity index (χ0v) is 13.3. The average Bonchev–Trinajstić information content (AvgIpc) is 2.31. The van der Waals surface area contributed by atoms with Crippen LogP contribution in [-0.4, -0.2) is 8.32 Å². The lowest BCUT2D eigenvalue weighted by atomic mass is 10.1. The maximum atomic E-state index is 13.7. The standard InChI is InChI=1S/C14H18F3NOSi/c1-14(2,3)20(4,5)19-8-9-6-11(15)10(7-18)13(17)12(9)16/h6H,8H2,1-5H3. The second-order valence-electron chi connectivity index (χ2n) is 6.18. The van der Waals surface area contributed by atoms with Crippen molar-refractivity contribution in [1.82, 2.24) is 0 Å². The van der Waals surface area contributed by atoms with Gasteiger partial charge in [-0.2, -0.15) is 5.26 Å². The SMILES string of the molecule is CC(C)(C)[Si](C)(C)OCc1cc(F)c(C#N)c(F)c1F. The maximum Gasteiger partial charge on any atom is 0.192 e. The minimum absolute atomic E-state index is 0.0901. The van der Waals surface area contributed by atoms with Crippen molar-refractivity contribution in [3.8, 4) is 6.07 Å². The van der Waals surface area contributed by atoms with Gasteiger partial charge in [0.1, 0.15) is 17.4 Å². The third kappa shape index (κ3) is 3.22. The third-order valence-electron chi connectivity index (χ3n) is 3.74. The monoisotopic (exact) mass is 301 g/mol. The topological polar surface area (TPSA) is 33.0 Å². The number of hydrogen-bond donors (Lipinski definition) is 0. The van der Waals surface area contributed by atoms with E-state index in [0.717, 1.165) is 6.07 Å². The van der Waals surface area contributed by atoms with E-state index >= 15 is 0 Å². The molecule has 0 spiro atoms. The minimum atomic E-state index is -2.14. The Bertz CT molecular complexity index is 559. The molecule has 110 valence electrons. The van der Waals surface area contributed by atoms with Gasteiger partial charge in [-0.05, 0) is 24.2 Å². The molecule has 0 aromatic heterocycles. The normalized spacial score (nSPS) is 12.3. The molecule has 0 saturated heterocycles. The number of hydrogen-bond acceptors (Lipinski definition) is 2. The summed E-state index contributed by atoms with van der Waals surface area (Å²) in [7, 11) is -2.14. The molecular formula is C14H18F3NOSi. The molecular weight excluding hydrogens is 283 g/mol. The van der Waals surface area contributed by atoms with Gasteiger partial charge < -0.3 is 4.43 Å². The van der Waals surface area contributed by atoms with Crippen LogP contribution >= 0.6 is 0 Å². The van der Waals surface area contributed by atoms with Crippen LogP contribution in [0.5, 0.6) is 0 Å². The Labute approximate surface area is 118 Å². The highest BCUT2D eigenvalue weighted by Crippen LogP contribution is 2.37. The molecule has 0 fully saturated rings. The van der Waals surface area contributed by atoms with Crippen LogP contribution in [0.4, 0.5) is 13.2 Å². The predicted molar refractivity (Wildman–Crippen MR) is 73.0 cm³/mol. The molecule has 0 radical (unpaired) electrons. The molecule has 1 rings (SSSR count). The van der Waals surface area contributed by atoms with Crippen molar-refractivity contribution >= 4 is 8.32 Å². The first-order chi connectivity index (χ1) is 9.01. The van der Waals surface area contributed by atoms with Gasteiger partial charge in [0.15, 0.2) is 20.0 Å². The second-order valence-corrected chi connectivity index (χ2v) is 11.0. The van der Waals surface area contributed by atoms with E-state index in [9.17, 15) is 13.2 Å². The van der Waals surface area contributed by atoms with E-state index in [2.05, 4.69) is 0 Å². The van der Waals surface area contributed by atoms with Crippen LogP contribution in [-0.2, 0) is 11.0 Å². The first-order valence-corrected chi connectivity index (χ1v) is 9.12. The smallest absolute Gasteiger partial charge is 0.192 e. The fourth-order valence-corrected chi connectivity index (χ4v) is 2.28. The largest absolute Gasteiger partial charge is 0.412 e. The summed E-state index contributed by atoms with van der Waals surface area (Å²) in [5.41, 5.74) is -1.11. The highest BCUT2D eigenvalue weighted by molar-refractivity contribution is 6.74. The van der Waals surface area contributed by atoms with E-state index in [1.54, 1.807) is 0 Å². The van der Waals surface area contributed by atoms with Gasteiger partial charge in [-0.15, -0.1) is 0 Å².